The second kappa shape index (κ2) is 12.1. The summed E-state index contributed by atoms with van der Waals surface area (Å²) < 4.78 is 110. The number of thiazole rings is 1. The summed E-state index contributed by atoms with van der Waals surface area (Å²) in [5, 5.41) is 2.95. The van der Waals surface area contributed by atoms with Gasteiger partial charge in [0.15, 0.2) is 11.2 Å². The van der Waals surface area contributed by atoms with Gasteiger partial charge in [0, 0.05) is 28.8 Å². The Morgan fingerprint density at radius 1 is 1.05 bits per heavy atom. The minimum atomic E-state index is -5.01. The Balaban J connectivity index is 1.75. The molecule has 0 radical (unpaired) electrons. The summed E-state index contributed by atoms with van der Waals surface area (Å²) in [6.45, 7) is -0.344. The molecule has 1 unspecified atom stereocenters. The van der Waals surface area contributed by atoms with Crippen molar-refractivity contribution in [3.05, 3.63) is 94.0 Å². The predicted octanol–water partition coefficient (Wildman–Crippen LogP) is 7.20. The highest BCUT2D eigenvalue weighted by Crippen LogP contribution is 2.40. The van der Waals surface area contributed by atoms with Gasteiger partial charge in [-0.05, 0) is 30.3 Å². The fourth-order valence-electron chi connectivity index (χ4n) is 3.89. The molecule has 0 aliphatic heterocycles. The Morgan fingerprint density at radius 3 is 2.39 bits per heavy atom. The van der Waals surface area contributed by atoms with Crippen LogP contribution in [-0.4, -0.2) is 33.8 Å². The van der Waals surface area contributed by atoms with E-state index in [1.807, 2.05) is 5.32 Å². The van der Waals surface area contributed by atoms with Crippen LogP contribution in [0.4, 0.5) is 32.8 Å². The molecule has 0 aliphatic carbocycles. The van der Waals surface area contributed by atoms with Crippen LogP contribution in [0.25, 0.3) is 0 Å². The van der Waals surface area contributed by atoms with Crippen LogP contribution in [-0.2, 0) is 16.6 Å². The fourth-order valence-corrected chi connectivity index (χ4v) is 6.51. The molecule has 7 nitrogen and oxygen atoms in total. The molecule has 0 saturated heterocycles. The lowest BCUT2D eigenvalue weighted by molar-refractivity contribution is -0.144. The summed E-state index contributed by atoms with van der Waals surface area (Å²) >= 11 is 7.14. The third kappa shape index (κ3) is 6.49. The predicted molar refractivity (Wildman–Crippen MR) is 145 cm³/mol. The van der Waals surface area contributed by atoms with E-state index < -0.39 is 55.0 Å². The van der Waals surface area contributed by atoms with Crippen molar-refractivity contribution in [3.63, 3.8) is 0 Å². The number of nitrogens with zero attached hydrogens (tertiary/aromatic N) is 2. The third-order valence-electron chi connectivity index (χ3n) is 5.87. The van der Waals surface area contributed by atoms with Crippen LogP contribution >= 0.6 is 22.9 Å². The van der Waals surface area contributed by atoms with Crippen LogP contribution in [0.1, 0.15) is 17.2 Å². The Bertz CT molecular complexity index is 1640. The SMILES string of the molecule is COc1ccc(CN(c2nccs2)S(=O)(=O)c2cc(Cl)c(NC(c3ccccc3F)C(F)(F)F)cc2F)c(OC)c1. The number of methoxy groups -OCH3 is 2. The van der Waals surface area contributed by atoms with Gasteiger partial charge in [-0.3, -0.25) is 0 Å². The molecule has 4 aromatic rings. The average molecular weight is 634 g/mol. The van der Waals surface area contributed by atoms with Crippen molar-refractivity contribution in [2.75, 3.05) is 23.8 Å². The zero-order chi connectivity index (χ0) is 29.9. The number of nitrogens with one attached hydrogen (secondary N) is 1. The summed E-state index contributed by atoms with van der Waals surface area (Å²) in [7, 11) is -1.90. The van der Waals surface area contributed by atoms with Gasteiger partial charge in [0.1, 0.15) is 28.0 Å². The highest BCUT2D eigenvalue weighted by molar-refractivity contribution is 7.93. The first-order chi connectivity index (χ1) is 19.4. The minimum Gasteiger partial charge on any atom is -0.497 e. The summed E-state index contributed by atoms with van der Waals surface area (Å²) in [4.78, 5) is 3.13. The molecular formula is C26H21ClF5N3O4S2. The van der Waals surface area contributed by atoms with Crippen molar-refractivity contribution in [2.45, 2.75) is 23.7 Å². The van der Waals surface area contributed by atoms with Gasteiger partial charge in [0.05, 0.1) is 31.5 Å². The van der Waals surface area contributed by atoms with E-state index in [9.17, 15) is 26.0 Å². The lowest BCUT2D eigenvalue weighted by Gasteiger charge is -2.25. The molecular weight excluding hydrogens is 613 g/mol. The normalized spacial score (nSPS) is 12.6. The molecule has 1 atom stereocenters. The number of benzene rings is 3. The summed E-state index contributed by atoms with van der Waals surface area (Å²) in [5.74, 6) is -1.81. The second-order valence-corrected chi connectivity index (χ2v) is 11.5. The topological polar surface area (TPSA) is 80.8 Å². The van der Waals surface area contributed by atoms with Crippen molar-refractivity contribution >= 4 is 43.8 Å². The maximum absolute atomic E-state index is 15.4. The summed E-state index contributed by atoms with van der Waals surface area (Å²) in [6, 6.07) is 7.47. The smallest absolute Gasteiger partial charge is 0.412 e. The number of hydrogen-bond donors (Lipinski definition) is 1. The molecule has 0 bridgehead atoms. The number of aromatic nitrogens is 1. The van der Waals surface area contributed by atoms with Crippen molar-refractivity contribution in [2.24, 2.45) is 0 Å². The maximum atomic E-state index is 15.4. The van der Waals surface area contributed by atoms with Crippen LogP contribution < -0.4 is 19.1 Å². The molecule has 218 valence electrons. The standard InChI is InChI=1S/C26H21ClF5N3O4S2/c1-38-16-8-7-15(22(11-16)39-2)14-35(25-33-9-10-40-25)41(36,37)23-12-18(27)21(13-20(23)29)34-24(26(30,31)32)17-5-3-4-6-19(17)28/h3-13,24,34H,14H2,1-2H3. The first-order valence-electron chi connectivity index (χ1n) is 11.6. The van der Waals surface area contributed by atoms with Gasteiger partial charge in [-0.25, -0.2) is 26.5 Å². The first kappa shape index (κ1) is 30.3. The fraction of sp³-hybridized carbons (Fsp3) is 0.192. The van der Waals surface area contributed by atoms with Gasteiger partial charge >= 0.3 is 6.18 Å². The van der Waals surface area contributed by atoms with Crippen LogP contribution in [0.15, 0.2) is 71.1 Å². The number of sulfonamides is 1. The van der Waals surface area contributed by atoms with E-state index in [2.05, 4.69) is 4.98 Å². The monoisotopic (exact) mass is 633 g/mol. The minimum absolute atomic E-state index is 0.0164. The Hall–Kier alpha value is -3.62. The van der Waals surface area contributed by atoms with Gasteiger partial charge in [-0.15, -0.1) is 11.3 Å². The molecule has 0 saturated carbocycles. The third-order valence-corrected chi connectivity index (χ3v) is 8.85. The molecule has 41 heavy (non-hydrogen) atoms. The van der Waals surface area contributed by atoms with E-state index in [4.69, 9.17) is 21.1 Å². The van der Waals surface area contributed by atoms with E-state index in [1.54, 1.807) is 12.1 Å². The first-order valence-corrected chi connectivity index (χ1v) is 14.3. The lowest BCUT2D eigenvalue weighted by Crippen LogP contribution is -2.31. The van der Waals surface area contributed by atoms with Gasteiger partial charge in [-0.2, -0.15) is 13.2 Å². The van der Waals surface area contributed by atoms with Crippen LogP contribution in [0.3, 0.4) is 0 Å². The van der Waals surface area contributed by atoms with E-state index >= 15 is 4.39 Å². The Labute approximate surface area is 241 Å². The maximum Gasteiger partial charge on any atom is 0.412 e. The molecule has 0 fully saturated rings. The summed E-state index contributed by atoms with van der Waals surface area (Å²) in [6.07, 6.45) is -3.66. The van der Waals surface area contributed by atoms with Gasteiger partial charge in [-0.1, -0.05) is 29.8 Å². The molecule has 4 rings (SSSR count). The van der Waals surface area contributed by atoms with Crippen LogP contribution in [0.2, 0.25) is 5.02 Å². The number of alkyl halides is 3. The number of hydrogen-bond acceptors (Lipinski definition) is 7. The zero-order valence-corrected chi connectivity index (χ0v) is 23.6. The molecule has 3 aromatic carbocycles. The number of halogens is 6. The number of rotatable bonds is 10. The van der Waals surface area contributed by atoms with Crippen molar-refractivity contribution in [3.8, 4) is 11.5 Å². The van der Waals surface area contributed by atoms with Crippen LogP contribution in [0.5, 0.6) is 11.5 Å². The van der Waals surface area contributed by atoms with E-state index in [0.29, 0.717) is 23.4 Å². The Morgan fingerprint density at radius 2 is 1.78 bits per heavy atom. The van der Waals surface area contributed by atoms with E-state index in [-0.39, 0.29) is 17.4 Å². The van der Waals surface area contributed by atoms with Gasteiger partial charge in [0.2, 0.25) is 0 Å². The molecule has 0 spiro atoms. The molecule has 0 aliphatic rings. The number of anilines is 2. The molecule has 0 amide bonds. The zero-order valence-electron chi connectivity index (χ0n) is 21.2. The highest BCUT2D eigenvalue weighted by Gasteiger charge is 2.43. The van der Waals surface area contributed by atoms with E-state index in [1.165, 1.54) is 44.0 Å². The number of ether oxygens (including phenoxy) is 2. The van der Waals surface area contributed by atoms with Crippen molar-refractivity contribution in [1.82, 2.24) is 4.98 Å². The highest BCUT2D eigenvalue weighted by atomic mass is 35.5. The van der Waals surface area contributed by atoms with E-state index in [0.717, 1.165) is 27.8 Å². The molecule has 1 heterocycles. The average Bonchev–Trinajstić information content (AvgIpc) is 3.46. The van der Waals surface area contributed by atoms with Gasteiger partial charge in [0.25, 0.3) is 10.0 Å². The second-order valence-electron chi connectivity index (χ2n) is 8.41. The van der Waals surface area contributed by atoms with Crippen molar-refractivity contribution < 1.29 is 39.8 Å². The largest absolute Gasteiger partial charge is 0.497 e. The van der Waals surface area contributed by atoms with Gasteiger partial charge < -0.3 is 14.8 Å². The quantitative estimate of drug-likeness (QED) is 0.186. The molecule has 1 aromatic heterocycles. The summed E-state index contributed by atoms with van der Waals surface area (Å²) in [5.41, 5.74) is -0.961. The molecule has 15 heteroatoms. The lowest BCUT2D eigenvalue weighted by atomic mass is 10.1. The van der Waals surface area contributed by atoms with Crippen molar-refractivity contribution in [1.29, 1.82) is 0 Å². The molecule has 1 N–H and O–H groups in total. The Kier molecular flexibility index (Phi) is 8.94. The van der Waals surface area contributed by atoms with Crippen LogP contribution in [0, 0.1) is 11.6 Å².